The quantitative estimate of drug-likeness (QED) is 0.349. The summed E-state index contributed by atoms with van der Waals surface area (Å²) in [6.45, 7) is 5.41. The number of hydrogen-bond acceptors (Lipinski definition) is 7. The van der Waals surface area contributed by atoms with E-state index in [4.69, 9.17) is 15.7 Å². The average Bonchev–Trinajstić information content (AvgIpc) is 2.83. The predicted octanol–water partition coefficient (Wildman–Crippen LogP) is 2.93. The van der Waals surface area contributed by atoms with E-state index in [0.717, 1.165) is 60.8 Å². The van der Waals surface area contributed by atoms with Crippen LogP contribution in [0.5, 0.6) is 0 Å². The van der Waals surface area contributed by atoms with Crippen LogP contribution in [0, 0.1) is 0 Å². The van der Waals surface area contributed by atoms with Gasteiger partial charge in [-0.1, -0.05) is 12.1 Å². The number of carbonyl (C=O) groups is 1. The van der Waals surface area contributed by atoms with E-state index in [1.807, 2.05) is 35.2 Å². The molecule has 34 heavy (non-hydrogen) atoms. The molecule has 1 fully saturated rings. The molecule has 0 aliphatic carbocycles. The monoisotopic (exact) mass is 462 g/mol. The predicted molar refractivity (Wildman–Crippen MR) is 138 cm³/mol. The maximum absolute atomic E-state index is 12.6. The van der Waals surface area contributed by atoms with Gasteiger partial charge in [0.05, 0.1) is 12.1 Å². The highest BCUT2D eigenvalue weighted by atomic mass is 16.2. The summed E-state index contributed by atoms with van der Waals surface area (Å²) in [5, 5.41) is 7.49. The van der Waals surface area contributed by atoms with Crippen LogP contribution in [-0.2, 0) is 6.54 Å². The highest BCUT2D eigenvalue weighted by molar-refractivity contribution is 5.90. The van der Waals surface area contributed by atoms with Gasteiger partial charge in [0.1, 0.15) is 11.6 Å². The Balaban J connectivity index is 1.34. The molecule has 180 valence electrons. The zero-order chi connectivity index (χ0) is 23.9. The van der Waals surface area contributed by atoms with Crippen LogP contribution in [-0.4, -0.2) is 84.1 Å². The van der Waals surface area contributed by atoms with Crippen molar-refractivity contribution in [2.75, 3.05) is 69.7 Å². The fourth-order valence-corrected chi connectivity index (χ4v) is 4.01. The summed E-state index contributed by atoms with van der Waals surface area (Å²) in [5.41, 5.74) is 8.09. The maximum Gasteiger partial charge on any atom is 0.321 e. The number of rotatable bonds is 8. The lowest BCUT2D eigenvalue weighted by Crippen LogP contribution is -2.49. The highest BCUT2D eigenvalue weighted by Crippen LogP contribution is 2.21. The number of aromatic nitrogens is 2. The topological polar surface area (TPSA) is 103 Å². The van der Waals surface area contributed by atoms with Gasteiger partial charge >= 0.3 is 6.03 Å². The standard InChI is InChI=1S/C25H34N8O/c1-31(2)13-5-12-27-24-21-6-3-4-7-22(21)29-23(30-24)18-32-14-16-33(17-15-32)25(34)28-20-10-8-19(26)9-11-20/h3-4,6-11H,5,12-18,26H2,1-2H3,(H,28,34)(H,27,29,30). The molecule has 1 saturated heterocycles. The summed E-state index contributed by atoms with van der Waals surface area (Å²) in [6, 6.07) is 15.2. The third-order valence-corrected chi connectivity index (χ3v) is 5.91. The average molecular weight is 463 g/mol. The molecule has 0 radical (unpaired) electrons. The lowest BCUT2D eigenvalue weighted by atomic mass is 10.2. The van der Waals surface area contributed by atoms with Gasteiger partial charge in [-0.05, 0) is 63.5 Å². The van der Waals surface area contributed by atoms with Crippen LogP contribution in [0.15, 0.2) is 48.5 Å². The largest absolute Gasteiger partial charge is 0.399 e. The summed E-state index contributed by atoms with van der Waals surface area (Å²) >= 11 is 0. The van der Waals surface area contributed by atoms with Crippen LogP contribution < -0.4 is 16.4 Å². The van der Waals surface area contributed by atoms with E-state index in [1.54, 1.807) is 12.1 Å². The van der Waals surface area contributed by atoms with Crippen LogP contribution in [0.2, 0.25) is 0 Å². The van der Waals surface area contributed by atoms with Crippen LogP contribution in [0.1, 0.15) is 12.2 Å². The first-order valence-corrected chi connectivity index (χ1v) is 11.8. The number of benzene rings is 2. The zero-order valence-corrected chi connectivity index (χ0v) is 20.0. The Morgan fingerprint density at radius 1 is 1.03 bits per heavy atom. The Hall–Kier alpha value is -3.43. The molecule has 1 aliphatic rings. The molecule has 0 unspecified atom stereocenters. The molecule has 1 aromatic heterocycles. The molecule has 9 heteroatoms. The van der Waals surface area contributed by atoms with Crippen LogP contribution in [0.25, 0.3) is 10.9 Å². The second kappa shape index (κ2) is 11.1. The first-order chi connectivity index (χ1) is 16.5. The van der Waals surface area contributed by atoms with Crippen molar-refractivity contribution in [3.63, 3.8) is 0 Å². The lowest BCUT2D eigenvalue weighted by Gasteiger charge is -2.34. The minimum absolute atomic E-state index is 0.0874. The third-order valence-electron chi connectivity index (χ3n) is 5.91. The Morgan fingerprint density at radius 2 is 1.76 bits per heavy atom. The normalized spacial score (nSPS) is 14.5. The molecule has 4 rings (SSSR count). The Morgan fingerprint density at radius 3 is 2.50 bits per heavy atom. The van der Waals surface area contributed by atoms with Crippen molar-refractivity contribution in [1.29, 1.82) is 0 Å². The number of nitrogens with one attached hydrogen (secondary N) is 2. The number of piperazine rings is 1. The van der Waals surface area contributed by atoms with Gasteiger partial charge in [-0.2, -0.15) is 0 Å². The molecule has 2 aromatic carbocycles. The van der Waals surface area contributed by atoms with Gasteiger partial charge < -0.3 is 26.2 Å². The molecule has 2 heterocycles. The van der Waals surface area contributed by atoms with Gasteiger partial charge in [-0.25, -0.2) is 14.8 Å². The zero-order valence-electron chi connectivity index (χ0n) is 20.0. The Bertz CT molecular complexity index is 1090. The molecule has 0 atom stereocenters. The number of anilines is 3. The van der Waals surface area contributed by atoms with Crippen molar-refractivity contribution in [3.05, 3.63) is 54.4 Å². The van der Waals surface area contributed by atoms with Gasteiger partial charge in [-0.15, -0.1) is 0 Å². The molecule has 0 spiro atoms. The van der Waals surface area contributed by atoms with E-state index in [-0.39, 0.29) is 6.03 Å². The molecule has 9 nitrogen and oxygen atoms in total. The van der Waals surface area contributed by atoms with Crippen molar-refractivity contribution in [1.82, 2.24) is 24.7 Å². The summed E-state index contributed by atoms with van der Waals surface area (Å²) in [4.78, 5) is 28.6. The third kappa shape index (κ3) is 6.33. The van der Waals surface area contributed by atoms with Crippen LogP contribution >= 0.6 is 0 Å². The van der Waals surface area contributed by atoms with Gasteiger partial charge in [0.25, 0.3) is 0 Å². The molecule has 0 bridgehead atoms. The smallest absolute Gasteiger partial charge is 0.321 e. The number of hydrogen-bond donors (Lipinski definition) is 3. The molecule has 4 N–H and O–H groups in total. The Kier molecular flexibility index (Phi) is 7.76. The van der Waals surface area contributed by atoms with E-state index < -0.39 is 0 Å². The molecule has 0 saturated carbocycles. The number of urea groups is 1. The fourth-order valence-electron chi connectivity index (χ4n) is 4.01. The number of nitrogens with zero attached hydrogens (tertiary/aromatic N) is 5. The minimum atomic E-state index is -0.0874. The summed E-state index contributed by atoms with van der Waals surface area (Å²) in [5.74, 6) is 1.69. The molecule has 3 aromatic rings. The second-order valence-corrected chi connectivity index (χ2v) is 8.90. The molecule has 2 amide bonds. The highest BCUT2D eigenvalue weighted by Gasteiger charge is 2.22. The van der Waals surface area contributed by atoms with E-state index in [0.29, 0.717) is 25.3 Å². The van der Waals surface area contributed by atoms with Crippen molar-refractivity contribution in [2.24, 2.45) is 0 Å². The summed E-state index contributed by atoms with van der Waals surface area (Å²) in [7, 11) is 4.17. The van der Waals surface area contributed by atoms with Crippen molar-refractivity contribution < 1.29 is 4.79 Å². The molecular weight excluding hydrogens is 428 g/mol. The maximum atomic E-state index is 12.6. The SMILES string of the molecule is CN(C)CCCNc1nc(CN2CCN(C(=O)Nc3ccc(N)cc3)CC2)nc2ccccc12. The van der Waals surface area contributed by atoms with E-state index >= 15 is 0 Å². The van der Waals surface area contributed by atoms with Crippen molar-refractivity contribution >= 4 is 34.1 Å². The van der Waals surface area contributed by atoms with Gasteiger partial charge in [0, 0.05) is 49.5 Å². The lowest BCUT2D eigenvalue weighted by molar-refractivity contribution is 0.141. The van der Waals surface area contributed by atoms with Crippen LogP contribution in [0.3, 0.4) is 0 Å². The first-order valence-electron chi connectivity index (χ1n) is 11.8. The van der Waals surface area contributed by atoms with E-state index in [2.05, 4.69) is 40.6 Å². The van der Waals surface area contributed by atoms with Crippen molar-refractivity contribution in [3.8, 4) is 0 Å². The Labute approximate surface area is 200 Å². The van der Waals surface area contributed by atoms with Crippen LogP contribution in [0.4, 0.5) is 22.0 Å². The number of amides is 2. The molecule has 1 aliphatic heterocycles. The summed E-state index contributed by atoms with van der Waals surface area (Å²) < 4.78 is 0. The van der Waals surface area contributed by atoms with E-state index in [1.165, 1.54) is 0 Å². The fraction of sp³-hybridized carbons (Fsp3) is 0.400. The number of fused-ring (bicyclic) bond motifs is 1. The molecular formula is C25H34N8O. The van der Waals surface area contributed by atoms with Crippen molar-refractivity contribution in [2.45, 2.75) is 13.0 Å². The summed E-state index contributed by atoms with van der Waals surface area (Å²) in [6.07, 6.45) is 1.04. The number of carbonyl (C=O) groups excluding carboxylic acids is 1. The van der Waals surface area contributed by atoms with E-state index in [9.17, 15) is 4.79 Å². The number of nitrogens with two attached hydrogens (primary N) is 1. The van der Waals surface area contributed by atoms with Gasteiger partial charge in [0.2, 0.25) is 0 Å². The number of para-hydroxylation sites is 1. The second-order valence-electron chi connectivity index (χ2n) is 8.90. The first kappa shape index (κ1) is 23.7. The number of nitrogen functional groups attached to an aromatic ring is 1. The van der Waals surface area contributed by atoms with Gasteiger partial charge in [0.15, 0.2) is 0 Å². The minimum Gasteiger partial charge on any atom is -0.399 e. The van der Waals surface area contributed by atoms with Gasteiger partial charge in [-0.3, -0.25) is 4.90 Å².